The average molecular weight is 430 g/mol. The van der Waals surface area contributed by atoms with Gasteiger partial charge in [0.2, 0.25) is 0 Å². The van der Waals surface area contributed by atoms with Gasteiger partial charge in [-0.2, -0.15) is 13.2 Å². The minimum Gasteiger partial charge on any atom is -0.480 e. The molecule has 0 unspecified atom stereocenters. The Labute approximate surface area is 168 Å². The highest BCUT2D eigenvalue weighted by Crippen LogP contribution is 2.35. The standard InChI is InChI=1S/C18H14F3N3O4.ClH/c19-18(20,21)11-5-6-14(16(8-11)24(27)28)23-15(17(25)26)7-10-9-22-13-4-2-1-3-12(10)13;/h1-6,8-9,15,22-23H,7H2,(H,25,26);1H/t15-;/m1./s1. The number of aromatic amines is 1. The number of nitrogens with zero attached hydrogens (tertiary/aromatic N) is 1. The number of nitrogens with one attached hydrogen (secondary N) is 2. The predicted octanol–water partition coefficient (Wildman–Crippen LogP) is 4.62. The Kier molecular flexibility index (Phi) is 6.38. The Morgan fingerprint density at radius 2 is 1.93 bits per heavy atom. The zero-order valence-corrected chi connectivity index (χ0v) is 15.4. The fourth-order valence-electron chi connectivity index (χ4n) is 2.89. The van der Waals surface area contributed by atoms with Crippen molar-refractivity contribution in [3.8, 4) is 0 Å². The molecule has 0 saturated carbocycles. The number of halogens is 4. The number of aliphatic carboxylic acids is 1. The molecule has 11 heteroatoms. The summed E-state index contributed by atoms with van der Waals surface area (Å²) < 4.78 is 38.4. The Morgan fingerprint density at radius 1 is 1.24 bits per heavy atom. The van der Waals surface area contributed by atoms with Gasteiger partial charge < -0.3 is 15.4 Å². The van der Waals surface area contributed by atoms with Crippen LogP contribution in [0.2, 0.25) is 0 Å². The number of H-pyrrole nitrogens is 1. The summed E-state index contributed by atoms with van der Waals surface area (Å²) in [5.41, 5.74) is -0.884. The molecule has 1 atom stereocenters. The van der Waals surface area contributed by atoms with Crippen molar-refractivity contribution >= 4 is 40.7 Å². The lowest BCUT2D eigenvalue weighted by molar-refractivity contribution is -0.384. The van der Waals surface area contributed by atoms with Crippen molar-refractivity contribution in [1.29, 1.82) is 0 Å². The molecule has 29 heavy (non-hydrogen) atoms. The van der Waals surface area contributed by atoms with Gasteiger partial charge in [-0.3, -0.25) is 10.1 Å². The molecule has 0 saturated heterocycles. The number of para-hydroxylation sites is 1. The second-order valence-corrected chi connectivity index (χ2v) is 6.09. The number of benzene rings is 2. The van der Waals surface area contributed by atoms with Crippen LogP contribution in [0.25, 0.3) is 10.9 Å². The number of aromatic nitrogens is 1. The van der Waals surface area contributed by atoms with E-state index >= 15 is 0 Å². The second-order valence-electron chi connectivity index (χ2n) is 6.09. The maximum absolute atomic E-state index is 12.8. The smallest absolute Gasteiger partial charge is 0.416 e. The number of alkyl halides is 3. The van der Waals surface area contributed by atoms with Crippen LogP contribution >= 0.6 is 12.4 Å². The molecular weight excluding hydrogens is 415 g/mol. The number of carbonyl (C=O) groups is 1. The van der Waals surface area contributed by atoms with E-state index in [9.17, 15) is 33.2 Å². The zero-order chi connectivity index (χ0) is 20.5. The summed E-state index contributed by atoms with van der Waals surface area (Å²) in [6.07, 6.45) is -3.15. The van der Waals surface area contributed by atoms with Gasteiger partial charge in [0.05, 0.1) is 10.5 Å². The van der Waals surface area contributed by atoms with Gasteiger partial charge in [0.25, 0.3) is 5.69 Å². The minimum atomic E-state index is -4.75. The van der Waals surface area contributed by atoms with Crippen molar-refractivity contribution in [2.24, 2.45) is 0 Å². The van der Waals surface area contributed by atoms with Crippen LogP contribution in [0.5, 0.6) is 0 Å². The fourth-order valence-corrected chi connectivity index (χ4v) is 2.89. The van der Waals surface area contributed by atoms with Crippen LogP contribution in [0, 0.1) is 10.1 Å². The van der Waals surface area contributed by atoms with Crippen LogP contribution in [0.1, 0.15) is 11.1 Å². The topological polar surface area (TPSA) is 108 Å². The van der Waals surface area contributed by atoms with E-state index in [-0.39, 0.29) is 24.5 Å². The summed E-state index contributed by atoms with van der Waals surface area (Å²) in [6, 6.07) is 7.82. The van der Waals surface area contributed by atoms with E-state index in [1.807, 2.05) is 6.07 Å². The number of rotatable bonds is 6. The quantitative estimate of drug-likeness (QED) is 0.391. The molecule has 7 nitrogen and oxygen atoms in total. The van der Waals surface area contributed by atoms with Crippen LogP contribution in [-0.4, -0.2) is 27.0 Å². The van der Waals surface area contributed by atoms with E-state index < -0.39 is 34.4 Å². The summed E-state index contributed by atoms with van der Waals surface area (Å²) in [7, 11) is 0. The first-order valence-corrected chi connectivity index (χ1v) is 8.07. The van der Waals surface area contributed by atoms with Gasteiger partial charge in [-0.25, -0.2) is 4.79 Å². The van der Waals surface area contributed by atoms with Gasteiger partial charge >= 0.3 is 12.1 Å². The number of carboxylic acids is 1. The first kappa shape index (κ1) is 22.0. The molecule has 0 amide bonds. The molecule has 3 N–H and O–H groups in total. The van der Waals surface area contributed by atoms with E-state index in [0.717, 1.165) is 17.0 Å². The highest BCUT2D eigenvalue weighted by molar-refractivity contribution is 5.86. The van der Waals surface area contributed by atoms with Gasteiger partial charge in [-0.15, -0.1) is 12.4 Å². The van der Waals surface area contributed by atoms with Gasteiger partial charge in [0.15, 0.2) is 0 Å². The van der Waals surface area contributed by atoms with Crippen molar-refractivity contribution in [3.05, 3.63) is 69.9 Å². The summed E-state index contributed by atoms with van der Waals surface area (Å²) >= 11 is 0. The molecule has 154 valence electrons. The van der Waals surface area contributed by atoms with E-state index in [2.05, 4.69) is 10.3 Å². The summed E-state index contributed by atoms with van der Waals surface area (Å²) in [6.45, 7) is 0. The Hall–Kier alpha value is -3.27. The third kappa shape index (κ3) is 4.77. The monoisotopic (exact) mass is 429 g/mol. The average Bonchev–Trinajstić information content (AvgIpc) is 3.03. The van der Waals surface area contributed by atoms with E-state index in [0.29, 0.717) is 17.7 Å². The molecule has 3 aromatic rings. The molecule has 0 aliphatic heterocycles. The number of anilines is 1. The van der Waals surface area contributed by atoms with Gasteiger partial charge in [0.1, 0.15) is 11.7 Å². The second kappa shape index (κ2) is 8.39. The molecule has 0 spiro atoms. The van der Waals surface area contributed by atoms with Crippen molar-refractivity contribution in [3.63, 3.8) is 0 Å². The highest BCUT2D eigenvalue weighted by atomic mass is 35.5. The number of hydrogen-bond acceptors (Lipinski definition) is 4. The first-order valence-electron chi connectivity index (χ1n) is 8.07. The largest absolute Gasteiger partial charge is 0.480 e. The normalized spacial score (nSPS) is 12.2. The van der Waals surface area contributed by atoms with Crippen molar-refractivity contribution in [2.75, 3.05) is 5.32 Å². The fraction of sp³-hybridized carbons (Fsp3) is 0.167. The molecule has 0 aliphatic rings. The zero-order valence-electron chi connectivity index (χ0n) is 14.6. The maximum Gasteiger partial charge on any atom is 0.416 e. The molecular formula is C18H15ClF3N3O4. The van der Waals surface area contributed by atoms with Gasteiger partial charge in [0, 0.05) is 29.6 Å². The summed E-state index contributed by atoms with van der Waals surface area (Å²) in [4.78, 5) is 24.9. The number of nitro benzene ring substituents is 1. The van der Waals surface area contributed by atoms with Crippen molar-refractivity contribution < 1.29 is 28.0 Å². The maximum atomic E-state index is 12.8. The Morgan fingerprint density at radius 3 is 2.55 bits per heavy atom. The van der Waals surface area contributed by atoms with Crippen LogP contribution in [0.3, 0.4) is 0 Å². The molecule has 0 fully saturated rings. The van der Waals surface area contributed by atoms with Crippen LogP contribution in [0.4, 0.5) is 24.5 Å². The van der Waals surface area contributed by atoms with Crippen LogP contribution in [0.15, 0.2) is 48.7 Å². The van der Waals surface area contributed by atoms with Crippen molar-refractivity contribution in [1.82, 2.24) is 4.98 Å². The first-order chi connectivity index (χ1) is 13.2. The third-order valence-corrected chi connectivity index (χ3v) is 4.25. The van der Waals surface area contributed by atoms with Crippen molar-refractivity contribution in [2.45, 2.75) is 18.6 Å². The van der Waals surface area contributed by atoms with Gasteiger partial charge in [-0.1, -0.05) is 18.2 Å². The summed E-state index contributed by atoms with van der Waals surface area (Å²) in [5.74, 6) is -1.29. The number of fused-ring (bicyclic) bond motifs is 1. The SMILES string of the molecule is Cl.O=C(O)[C@@H](Cc1c[nH]c2ccccc12)Nc1ccc(C(F)(F)F)cc1[N+](=O)[O-]. The van der Waals surface area contributed by atoms with Gasteiger partial charge in [-0.05, 0) is 23.8 Å². The molecule has 0 bridgehead atoms. The lowest BCUT2D eigenvalue weighted by atomic mass is 10.0. The molecule has 1 heterocycles. The molecule has 0 radical (unpaired) electrons. The van der Waals surface area contributed by atoms with E-state index in [1.54, 1.807) is 24.4 Å². The lowest BCUT2D eigenvalue weighted by Gasteiger charge is -2.16. The van der Waals surface area contributed by atoms with Crippen LogP contribution < -0.4 is 5.32 Å². The number of carboxylic acid groups (broad SMARTS) is 1. The molecule has 2 aromatic carbocycles. The molecule has 1 aromatic heterocycles. The number of hydrogen-bond donors (Lipinski definition) is 3. The minimum absolute atomic E-state index is 0. The number of nitro groups is 1. The molecule has 0 aliphatic carbocycles. The lowest BCUT2D eigenvalue weighted by Crippen LogP contribution is -2.31. The predicted molar refractivity (Wildman–Crippen MR) is 102 cm³/mol. The highest BCUT2D eigenvalue weighted by Gasteiger charge is 2.33. The summed E-state index contributed by atoms with van der Waals surface area (Å²) in [5, 5.41) is 24.0. The Bertz CT molecular complexity index is 1050. The van der Waals surface area contributed by atoms with E-state index in [4.69, 9.17) is 0 Å². The third-order valence-electron chi connectivity index (χ3n) is 4.25. The van der Waals surface area contributed by atoms with E-state index in [1.165, 1.54) is 0 Å². The van der Waals surface area contributed by atoms with Crippen LogP contribution in [-0.2, 0) is 17.4 Å². The Balaban J connectivity index is 0.00000300. The molecule has 3 rings (SSSR count).